The molecule has 0 aliphatic carbocycles. The summed E-state index contributed by atoms with van der Waals surface area (Å²) in [6.07, 6.45) is 0. The SMILES string of the molecule is O=C(COC(=O)CNC(=O)c1ccc(Cl)c([N+](=O)[O-])c1)Nc1ccc(Oc2ccccc2)cc1. The second kappa shape index (κ2) is 11.4. The Hall–Kier alpha value is -4.44. The fraction of sp³-hybridized carbons (Fsp3) is 0.0870. The number of carbonyl (C=O) groups excluding carboxylic acids is 3. The molecule has 0 radical (unpaired) electrons. The molecule has 11 heteroatoms. The van der Waals surface area contributed by atoms with Crippen molar-refractivity contribution in [1.29, 1.82) is 0 Å². The van der Waals surface area contributed by atoms with Gasteiger partial charge in [-0.3, -0.25) is 24.5 Å². The first-order chi connectivity index (χ1) is 16.3. The maximum atomic E-state index is 12.1. The summed E-state index contributed by atoms with van der Waals surface area (Å²) in [5.74, 6) is -0.924. The van der Waals surface area contributed by atoms with Gasteiger partial charge in [0, 0.05) is 17.3 Å². The number of esters is 1. The number of amides is 2. The van der Waals surface area contributed by atoms with E-state index < -0.39 is 41.5 Å². The lowest BCUT2D eigenvalue weighted by Gasteiger charge is -2.09. The number of nitro groups is 1. The first kappa shape index (κ1) is 24.2. The third-order valence-corrected chi connectivity index (χ3v) is 4.60. The van der Waals surface area contributed by atoms with Crippen molar-refractivity contribution in [2.75, 3.05) is 18.5 Å². The Kier molecular flexibility index (Phi) is 8.14. The zero-order valence-corrected chi connectivity index (χ0v) is 18.3. The van der Waals surface area contributed by atoms with Gasteiger partial charge in [-0.1, -0.05) is 29.8 Å². The highest BCUT2D eigenvalue weighted by Gasteiger charge is 2.17. The van der Waals surface area contributed by atoms with Crippen LogP contribution in [0.4, 0.5) is 11.4 Å². The number of nitro benzene ring substituents is 1. The topological polar surface area (TPSA) is 137 Å². The minimum atomic E-state index is -0.862. The maximum Gasteiger partial charge on any atom is 0.325 e. The quantitative estimate of drug-likeness (QED) is 0.267. The van der Waals surface area contributed by atoms with Gasteiger partial charge >= 0.3 is 5.97 Å². The van der Waals surface area contributed by atoms with E-state index >= 15 is 0 Å². The molecule has 0 atom stereocenters. The second-order valence-electron chi connectivity index (χ2n) is 6.75. The van der Waals surface area contributed by atoms with E-state index in [2.05, 4.69) is 10.6 Å². The Labute approximate surface area is 198 Å². The molecule has 2 amide bonds. The van der Waals surface area contributed by atoms with Gasteiger partial charge in [-0.25, -0.2) is 0 Å². The summed E-state index contributed by atoms with van der Waals surface area (Å²) in [6, 6.07) is 19.3. The number of ether oxygens (including phenoxy) is 2. The lowest BCUT2D eigenvalue weighted by atomic mass is 10.2. The van der Waals surface area contributed by atoms with Gasteiger partial charge in [-0.15, -0.1) is 0 Å². The molecule has 0 bridgehead atoms. The van der Waals surface area contributed by atoms with Crippen molar-refractivity contribution in [2.45, 2.75) is 0 Å². The average Bonchev–Trinajstić information content (AvgIpc) is 2.83. The summed E-state index contributed by atoms with van der Waals surface area (Å²) in [4.78, 5) is 46.1. The number of nitrogens with zero attached hydrogens (tertiary/aromatic N) is 1. The molecule has 0 unspecified atom stereocenters. The first-order valence-electron chi connectivity index (χ1n) is 9.82. The number of anilines is 1. The molecule has 3 aromatic carbocycles. The van der Waals surface area contributed by atoms with Crippen molar-refractivity contribution in [3.63, 3.8) is 0 Å². The van der Waals surface area contributed by atoms with Crippen molar-refractivity contribution in [3.8, 4) is 11.5 Å². The van der Waals surface area contributed by atoms with Crippen molar-refractivity contribution < 1.29 is 28.8 Å². The van der Waals surface area contributed by atoms with E-state index in [0.29, 0.717) is 17.2 Å². The highest BCUT2D eigenvalue weighted by Crippen LogP contribution is 2.25. The molecule has 10 nitrogen and oxygen atoms in total. The second-order valence-corrected chi connectivity index (χ2v) is 7.16. The fourth-order valence-corrected chi connectivity index (χ4v) is 2.86. The Balaban J connectivity index is 1.41. The highest BCUT2D eigenvalue weighted by atomic mass is 35.5. The highest BCUT2D eigenvalue weighted by molar-refractivity contribution is 6.32. The molecule has 2 N–H and O–H groups in total. The van der Waals surface area contributed by atoms with Gasteiger partial charge in [0.05, 0.1) is 4.92 Å². The molecular weight excluding hydrogens is 466 g/mol. The molecule has 3 rings (SSSR count). The van der Waals surface area contributed by atoms with Gasteiger partial charge in [0.2, 0.25) is 0 Å². The van der Waals surface area contributed by atoms with Crippen LogP contribution in [0, 0.1) is 10.1 Å². The molecule has 3 aromatic rings. The minimum absolute atomic E-state index is 0.0543. The summed E-state index contributed by atoms with van der Waals surface area (Å²) in [5.41, 5.74) is -0.0198. The van der Waals surface area contributed by atoms with Crippen LogP contribution >= 0.6 is 11.6 Å². The number of hydrogen-bond donors (Lipinski definition) is 2. The number of nitrogens with one attached hydrogen (secondary N) is 2. The van der Waals surface area contributed by atoms with Crippen LogP contribution in [0.3, 0.4) is 0 Å². The molecule has 0 saturated heterocycles. The zero-order chi connectivity index (χ0) is 24.5. The van der Waals surface area contributed by atoms with Crippen LogP contribution in [0.5, 0.6) is 11.5 Å². The van der Waals surface area contributed by atoms with Crippen LogP contribution < -0.4 is 15.4 Å². The summed E-state index contributed by atoms with van der Waals surface area (Å²) >= 11 is 5.70. The van der Waals surface area contributed by atoms with E-state index in [1.165, 1.54) is 12.1 Å². The van der Waals surface area contributed by atoms with E-state index in [1.807, 2.05) is 30.3 Å². The molecule has 0 aromatic heterocycles. The Morgan fingerprint density at radius 2 is 1.62 bits per heavy atom. The predicted molar refractivity (Wildman–Crippen MR) is 123 cm³/mol. The van der Waals surface area contributed by atoms with E-state index in [4.69, 9.17) is 21.1 Å². The Bertz CT molecular complexity index is 1200. The normalized spacial score (nSPS) is 10.1. The van der Waals surface area contributed by atoms with Gasteiger partial charge < -0.3 is 20.1 Å². The fourth-order valence-electron chi connectivity index (χ4n) is 2.67. The van der Waals surface area contributed by atoms with Gasteiger partial charge in [-0.2, -0.15) is 0 Å². The lowest BCUT2D eigenvalue weighted by molar-refractivity contribution is -0.384. The molecule has 34 heavy (non-hydrogen) atoms. The van der Waals surface area contributed by atoms with Crippen LogP contribution in [0.25, 0.3) is 0 Å². The summed E-state index contributed by atoms with van der Waals surface area (Å²) in [6.45, 7) is -1.10. The van der Waals surface area contributed by atoms with Crippen LogP contribution in [-0.2, 0) is 14.3 Å². The van der Waals surface area contributed by atoms with Gasteiger partial charge in [-0.05, 0) is 48.5 Å². The molecular formula is C23H18ClN3O7. The van der Waals surface area contributed by atoms with E-state index in [0.717, 1.165) is 6.07 Å². The Morgan fingerprint density at radius 3 is 2.29 bits per heavy atom. The summed E-state index contributed by atoms with van der Waals surface area (Å²) in [7, 11) is 0. The van der Waals surface area contributed by atoms with E-state index in [-0.39, 0.29) is 10.6 Å². The zero-order valence-electron chi connectivity index (χ0n) is 17.5. The predicted octanol–water partition coefficient (Wildman–Crippen LogP) is 3.95. The van der Waals surface area contributed by atoms with Gasteiger partial charge in [0.1, 0.15) is 23.1 Å². The monoisotopic (exact) mass is 483 g/mol. The van der Waals surface area contributed by atoms with Crippen molar-refractivity contribution in [2.24, 2.45) is 0 Å². The number of benzene rings is 3. The van der Waals surface area contributed by atoms with E-state index in [9.17, 15) is 24.5 Å². The van der Waals surface area contributed by atoms with Gasteiger partial charge in [0.25, 0.3) is 17.5 Å². The third kappa shape index (κ3) is 7.04. The van der Waals surface area contributed by atoms with Crippen LogP contribution in [0.1, 0.15) is 10.4 Å². The van der Waals surface area contributed by atoms with Crippen molar-refractivity contribution in [1.82, 2.24) is 5.32 Å². The van der Waals surface area contributed by atoms with Gasteiger partial charge in [0.15, 0.2) is 6.61 Å². The number of carbonyl (C=O) groups is 3. The van der Waals surface area contributed by atoms with Crippen LogP contribution in [0.2, 0.25) is 5.02 Å². The standard InChI is InChI=1S/C23H18ClN3O7/c24-19-11-6-15(12-20(19)27(31)32)23(30)25-13-22(29)33-14-21(28)26-16-7-9-18(10-8-16)34-17-4-2-1-3-5-17/h1-12H,13-14H2,(H,25,30)(H,26,28). The first-order valence-corrected chi connectivity index (χ1v) is 10.2. The molecule has 0 aliphatic heterocycles. The molecule has 0 heterocycles. The summed E-state index contributed by atoms with van der Waals surface area (Å²) < 4.78 is 10.5. The molecule has 0 saturated carbocycles. The van der Waals surface area contributed by atoms with Crippen LogP contribution in [0.15, 0.2) is 72.8 Å². The number of halogens is 1. The maximum absolute atomic E-state index is 12.1. The van der Waals surface area contributed by atoms with Crippen molar-refractivity contribution in [3.05, 3.63) is 93.5 Å². The smallest absolute Gasteiger partial charge is 0.325 e. The molecule has 0 spiro atoms. The van der Waals surface area contributed by atoms with Crippen molar-refractivity contribution >= 4 is 40.8 Å². The average molecular weight is 484 g/mol. The molecule has 174 valence electrons. The summed E-state index contributed by atoms with van der Waals surface area (Å²) in [5, 5.41) is 15.6. The lowest BCUT2D eigenvalue weighted by Crippen LogP contribution is -2.32. The largest absolute Gasteiger partial charge is 0.457 e. The molecule has 0 fully saturated rings. The van der Waals surface area contributed by atoms with E-state index in [1.54, 1.807) is 24.3 Å². The third-order valence-electron chi connectivity index (χ3n) is 4.28. The number of hydrogen-bond acceptors (Lipinski definition) is 7. The van der Waals surface area contributed by atoms with Crippen LogP contribution in [-0.4, -0.2) is 35.9 Å². The minimum Gasteiger partial charge on any atom is -0.457 e. The Morgan fingerprint density at radius 1 is 0.941 bits per heavy atom. The number of para-hydroxylation sites is 1. The number of rotatable bonds is 9. The molecule has 0 aliphatic rings.